The lowest BCUT2D eigenvalue weighted by Crippen LogP contribution is -2.31. The molecule has 0 radical (unpaired) electrons. The number of ether oxygens (including phenoxy) is 2. The van der Waals surface area contributed by atoms with Gasteiger partial charge in [-0.15, -0.1) is 0 Å². The van der Waals surface area contributed by atoms with Crippen molar-refractivity contribution in [2.45, 2.75) is 13.5 Å². The number of benzene rings is 1. The van der Waals surface area contributed by atoms with Crippen LogP contribution in [0.4, 0.5) is 0 Å². The standard InChI is InChI=1S/C24H24ClN5O4/c1-15-10-17(20-6-7-28-30(20)2)16-4-3-5-21(24(16)29-15)33-13-18-19(25)11-26-12-22(18)34-14-23(32)27-8-9-31/h3-7,10-12,31H,8-9,13-14H2,1-2H3,(H,27,32). The molecule has 0 saturated heterocycles. The highest BCUT2D eigenvalue weighted by Crippen LogP contribution is 2.34. The number of rotatable bonds is 9. The van der Waals surface area contributed by atoms with Gasteiger partial charge in [-0.2, -0.15) is 5.10 Å². The molecule has 4 aromatic rings. The molecule has 0 aliphatic carbocycles. The molecule has 2 N–H and O–H groups in total. The smallest absolute Gasteiger partial charge is 0.258 e. The minimum Gasteiger partial charge on any atom is -0.486 e. The SMILES string of the molecule is Cc1cc(-c2ccnn2C)c2cccc(OCc3c(Cl)cncc3OCC(=O)NCCO)c2n1. The van der Waals surface area contributed by atoms with Crippen LogP contribution in [0.3, 0.4) is 0 Å². The van der Waals surface area contributed by atoms with Crippen LogP contribution >= 0.6 is 11.6 Å². The zero-order chi connectivity index (χ0) is 24.1. The fourth-order valence-corrected chi connectivity index (χ4v) is 3.77. The van der Waals surface area contributed by atoms with Crippen LogP contribution in [0.1, 0.15) is 11.3 Å². The fourth-order valence-electron chi connectivity index (χ4n) is 3.56. The number of hydrogen-bond donors (Lipinski definition) is 2. The molecule has 0 saturated carbocycles. The summed E-state index contributed by atoms with van der Waals surface area (Å²) in [5.41, 5.74) is 4.10. The number of para-hydroxylation sites is 1. The number of nitrogens with one attached hydrogen (secondary N) is 1. The van der Waals surface area contributed by atoms with E-state index in [9.17, 15) is 4.79 Å². The lowest BCUT2D eigenvalue weighted by atomic mass is 10.0. The number of aryl methyl sites for hydroxylation is 2. The Hall–Kier alpha value is -3.69. The number of aromatic nitrogens is 4. The predicted octanol–water partition coefficient (Wildman–Crippen LogP) is 3.06. The van der Waals surface area contributed by atoms with Crippen LogP contribution in [0.5, 0.6) is 11.5 Å². The third kappa shape index (κ3) is 5.11. The second-order valence-corrected chi connectivity index (χ2v) is 7.96. The Bertz CT molecular complexity index is 1320. The van der Waals surface area contributed by atoms with Crippen molar-refractivity contribution in [3.8, 4) is 22.8 Å². The van der Waals surface area contributed by atoms with Gasteiger partial charge in [0.25, 0.3) is 5.91 Å². The summed E-state index contributed by atoms with van der Waals surface area (Å²) in [4.78, 5) is 20.6. The molecule has 0 spiro atoms. The number of carbonyl (C=O) groups excluding carboxylic acids is 1. The highest BCUT2D eigenvalue weighted by atomic mass is 35.5. The number of halogens is 1. The van der Waals surface area contributed by atoms with Crippen molar-refractivity contribution in [1.82, 2.24) is 25.1 Å². The molecule has 4 rings (SSSR count). The molecule has 3 heterocycles. The van der Waals surface area contributed by atoms with Crippen LogP contribution in [0, 0.1) is 6.92 Å². The number of fused-ring (bicyclic) bond motifs is 1. The van der Waals surface area contributed by atoms with Gasteiger partial charge in [-0.25, -0.2) is 4.98 Å². The number of hydrogen-bond acceptors (Lipinski definition) is 7. The zero-order valence-corrected chi connectivity index (χ0v) is 19.5. The highest BCUT2D eigenvalue weighted by Gasteiger charge is 2.16. The van der Waals surface area contributed by atoms with Crippen LogP contribution in [-0.2, 0) is 18.4 Å². The molecule has 0 aliphatic rings. The number of aliphatic hydroxyl groups is 1. The van der Waals surface area contributed by atoms with Gasteiger partial charge in [0.15, 0.2) is 6.61 Å². The van der Waals surface area contributed by atoms with E-state index in [0.29, 0.717) is 22.1 Å². The summed E-state index contributed by atoms with van der Waals surface area (Å²) in [5.74, 6) is 0.563. The van der Waals surface area contributed by atoms with E-state index in [1.165, 1.54) is 12.4 Å². The summed E-state index contributed by atoms with van der Waals surface area (Å²) in [5, 5.41) is 16.9. The number of nitrogens with zero attached hydrogens (tertiary/aromatic N) is 4. The first-order valence-corrected chi connectivity index (χ1v) is 11.0. The van der Waals surface area contributed by atoms with Gasteiger partial charge < -0.3 is 19.9 Å². The lowest BCUT2D eigenvalue weighted by Gasteiger charge is -2.15. The summed E-state index contributed by atoms with van der Waals surface area (Å²) in [6.45, 7) is 1.79. The van der Waals surface area contributed by atoms with Gasteiger partial charge in [0, 0.05) is 42.6 Å². The Balaban J connectivity index is 1.61. The Morgan fingerprint density at radius 3 is 2.82 bits per heavy atom. The number of carbonyl (C=O) groups is 1. The van der Waals surface area contributed by atoms with Crippen LogP contribution in [0.15, 0.2) is 48.9 Å². The minimum absolute atomic E-state index is 0.0880. The summed E-state index contributed by atoms with van der Waals surface area (Å²) in [7, 11) is 1.90. The van der Waals surface area contributed by atoms with Crippen LogP contribution in [-0.4, -0.2) is 50.5 Å². The first-order chi connectivity index (χ1) is 16.5. The first kappa shape index (κ1) is 23.5. The summed E-state index contributed by atoms with van der Waals surface area (Å²) in [6, 6.07) is 9.73. The molecule has 3 aromatic heterocycles. The molecule has 9 nitrogen and oxygen atoms in total. The van der Waals surface area contributed by atoms with E-state index in [4.69, 9.17) is 31.2 Å². The molecule has 0 aliphatic heterocycles. The first-order valence-electron chi connectivity index (χ1n) is 10.6. The Morgan fingerprint density at radius 1 is 1.21 bits per heavy atom. The molecular weight excluding hydrogens is 458 g/mol. The molecule has 1 aromatic carbocycles. The molecular formula is C24H24ClN5O4. The van der Waals surface area contributed by atoms with Gasteiger partial charge in [0.2, 0.25) is 0 Å². The van der Waals surface area contributed by atoms with Gasteiger partial charge in [-0.1, -0.05) is 23.7 Å². The second-order valence-electron chi connectivity index (χ2n) is 7.55. The quantitative estimate of drug-likeness (QED) is 0.378. The van der Waals surface area contributed by atoms with Gasteiger partial charge in [-0.05, 0) is 25.1 Å². The topological polar surface area (TPSA) is 111 Å². The maximum Gasteiger partial charge on any atom is 0.258 e. The van der Waals surface area contributed by atoms with Gasteiger partial charge in [-0.3, -0.25) is 14.5 Å². The fraction of sp³-hybridized carbons (Fsp3) is 0.250. The third-order valence-electron chi connectivity index (χ3n) is 5.16. The van der Waals surface area contributed by atoms with Crippen molar-refractivity contribution in [3.05, 3.63) is 65.2 Å². The Morgan fingerprint density at radius 2 is 2.06 bits per heavy atom. The van der Waals surface area contributed by atoms with E-state index in [1.807, 2.05) is 49.0 Å². The molecule has 176 valence electrons. The van der Waals surface area contributed by atoms with E-state index >= 15 is 0 Å². The van der Waals surface area contributed by atoms with Gasteiger partial charge in [0.05, 0.1) is 29.1 Å². The predicted molar refractivity (Wildman–Crippen MR) is 128 cm³/mol. The second kappa shape index (κ2) is 10.5. The van der Waals surface area contributed by atoms with Crippen molar-refractivity contribution >= 4 is 28.4 Å². The van der Waals surface area contributed by atoms with E-state index in [1.54, 1.807) is 6.20 Å². The molecule has 0 fully saturated rings. The summed E-state index contributed by atoms with van der Waals surface area (Å²) >= 11 is 6.37. The Labute approximate surface area is 201 Å². The largest absolute Gasteiger partial charge is 0.486 e. The molecule has 10 heteroatoms. The molecule has 0 unspecified atom stereocenters. The van der Waals surface area contributed by atoms with E-state index in [-0.39, 0.29) is 32.3 Å². The highest BCUT2D eigenvalue weighted by molar-refractivity contribution is 6.31. The van der Waals surface area contributed by atoms with E-state index in [0.717, 1.165) is 27.9 Å². The van der Waals surface area contributed by atoms with E-state index in [2.05, 4.69) is 15.4 Å². The van der Waals surface area contributed by atoms with Gasteiger partial charge in [0.1, 0.15) is 23.6 Å². The molecule has 0 atom stereocenters. The molecule has 34 heavy (non-hydrogen) atoms. The lowest BCUT2D eigenvalue weighted by molar-refractivity contribution is -0.123. The average Bonchev–Trinajstić information content (AvgIpc) is 3.26. The minimum atomic E-state index is -0.364. The zero-order valence-electron chi connectivity index (χ0n) is 18.8. The molecule has 1 amide bonds. The maximum atomic E-state index is 11.8. The normalized spacial score (nSPS) is 10.9. The van der Waals surface area contributed by atoms with Crippen molar-refractivity contribution in [1.29, 1.82) is 0 Å². The van der Waals surface area contributed by atoms with Crippen molar-refractivity contribution in [3.63, 3.8) is 0 Å². The number of amides is 1. The van der Waals surface area contributed by atoms with Crippen LogP contribution in [0.2, 0.25) is 5.02 Å². The van der Waals surface area contributed by atoms with Crippen molar-refractivity contribution in [2.75, 3.05) is 19.8 Å². The average molecular weight is 482 g/mol. The maximum absolute atomic E-state index is 11.8. The van der Waals surface area contributed by atoms with Gasteiger partial charge >= 0.3 is 0 Å². The monoisotopic (exact) mass is 481 g/mol. The van der Waals surface area contributed by atoms with Crippen LogP contribution < -0.4 is 14.8 Å². The van der Waals surface area contributed by atoms with Crippen LogP contribution in [0.25, 0.3) is 22.2 Å². The number of pyridine rings is 2. The summed E-state index contributed by atoms with van der Waals surface area (Å²) in [6.07, 6.45) is 4.73. The van der Waals surface area contributed by atoms with Crippen molar-refractivity contribution < 1.29 is 19.4 Å². The summed E-state index contributed by atoms with van der Waals surface area (Å²) < 4.78 is 13.6. The molecule has 0 bridgehead atoms. The number of aliphatic hydroxyl groups excluding tert-OH is 1. The van der Waals surface area contributed by atoms with Crippen molar-refractivity contribution in [2.24, 2.45) is 7.05 Å². The third-order valence-corrected chi connectivity index (χ3v) is 5.48. The Kier molecular flexibility index (Phi) is 7.24. The van der Waals surface area contributed by atoms with E-state index < -0.39 is 0 Å².